The number of rotatable bonds is 4. The molecule has 0 bridgehead atoms. The lowest BCUT2D eigenvalue weighted by atomic mass is 9.58. The van der Waals surface area contributed by atoms with E-state index in [0.29, 0.717) is 28.9 Å². The number of hydrogen-bond donors (Lipinski definition) is 1. The zero-order valence-corrected chi connectivity index (χ0v) is 13.4. The molecule has 0 aromatic rings. The maximum atomic E-state index is 11.0. The molecule has 1 N–H and O–H groups in total. The van der Waals surface area contributed by atoms with E-state index in [4.69, 9.17) is 29.2 Å². The first-order chi connectivity index (χ1) is 8.25. The Morgan fingerprint density at radius 1 is 1.39 bits per heavy atom. The van der Waals surface area contributed by atoms with E-state index in [1.165, 1.54) is 0 Å². The summed E-state index contributed by atoms with van der Waals surface area (Å²) in [4.78, 5) is 0.637. The van der Waals surface area contributed by atoms with Crippen LogP contribution in [0.4, 0.5) is 0 Å². The molecule has 4 heteroatoms. The summed E-state index contributed by atoms with van der Waals surface area (Å²) in [7, 11) is 0. The van der Waals surface area contributed by atoms with Crippen LogP contribution in [0.3, 0.4) is 0 Å². The third-order valence-electron chi connectivity index (χ3n) is 4.55. The van der Waals surface area contributed by atoms with E-state index in [1.54, 1.807) is 0 Å². The number of aliphatic hydroxyl groups is 1. The van der Waals surface area contributed by atoms with Crippen molar-refractivity contribution in [1.82, 2.24) is 0 Å². The number of hydrogen-bond acceptors (Lipinski definition) is 4. The highest BCUT2D eigenvalue weighted by atomic mass is 32.1. The lowest BCUT2D eigenvalue weighted by Gasteiger charge is -2.50. The van der Waals surface area contributed by atoms with Gasteiger partial charge in [-0.15, -0.1) is 0 Å². The van der Waals surface area contributed by atoms with E-state index >= 15 is 0 Å². The Hall–Kier alpha value is -0.0600. The highest BCUT2D eigenvalue weighted by molar-refractivity contribution is 7.82. The Labute approximate surface area is 121 Å². The molecule has 0 amide bonds. The summed E-state index contributed by atoms with van der Waals surface area (Å²) in [5.74, 6) is 0.454. The van der Waals surface area contributed by atoms with Crippen LogP contribution in [0.25, 0.3) is 0 Å². The molecule has 1 aliphatic carbocycles. The highest BCUT2D eigenvalue weighted by Crippen LogP contribution is 2.48. The fraction of sp³-hybridized carbons (Fsp3) is 0.857. The maximum Gasteiger partial charge on any atom is 0.164 e. The summed E-state index contributed by atoms with van der Waals surface area (Å²) in [6.45, 7) is 8.85. The van der Waals surface area contributed by atoms with Gasteiger partial charge < -0.3 is 9.84 Å². The molecular formula is C14H24O2S2. The van der Waals surface area contributed by atoms with E-state index in [1.807, 2.05) is 6.92 Å². The summed E-state index contributed by atoms with van der Waals surface area (Å²) < 4.78 is 5.28. The zero-order valence-electron chi connectivity index (χ0n) is 11.8. The molecule has 0 radical (unpaired) electrons. The largest absolute Gasteiger partial charge is 0.487 e. The van der Waals surface area contributed by atoms with Crippen LogP contribution in [0, 0.1) is 11.3 Å². The van der Waals surface area contributed by atoms with Crippen molar-refractivity contribution in [3.8, 4) is 0 Å². The smallest absolute Gasteiger partial charge is 0.164 e. The minimum atomic E-state index is -0.902. The van der Waals surface area contributed by atoms with E-state index in [-0.39, 0.29) is 5.41 Å². The SMILES string of the molecule is CCOC(=S)CC(=S)[C@]1(O)CCC[C@@H](C)C1(C)C. The molecule has 18 heavy (non-hydrogen) atoms. The minimum absolute atomic E-state index is 0.204. The van der Waals surface area contributed by atoms with Gasteiger partial charge in [0.05, 0.1) is 13.0 Å². The number of thiocarbonyl (C=S) groups is 2. The topological polar surface area (TPSA) is 29.5 Å². The summed E-state index contributed by atoms with van der Waals surface area (Å²) in [6.07, 6.45) is 3.31. The van der Waals surface area contributed by atoms with Crippen LogP contribution in [0.2, 0.25) is 0 Å². The van der Waals surface area contributed by atoms with Crippen molar-refractivity contribution in [2.45, 2.75) is 59.0 Å². The third-order valence-corrected chi connectivity index (χ3v) is 5.29. The van der Waals surface area contributed by atoms with Gasteiger partial charge in [0.1, 0.15) is 5.60 Å². The minimum Gasteiger partial charge on any atom is -0.487 e. The van der Waals surface area contributed by atoms with Crippen molar-refractivity contribution in [3.05, 3.63) is 0 Å². The van der Waals surface area contributed by atoms with Crippen LogP contribution in [0.5, 0.6) is 0 Å². The van der Waals surface area contributed by atoms with Crippen molar-refractivity contribution in [3.63, 3.8) is 0 Å². The molecule has 0 saturated heterocycles. The average Bonchev–Trinajstić information content (AvgIpc) is 2.26. The van der Waals surface area contributed by atoms with Crippen molar-refractivity contribution in [2.24, 2.45) is 11.3 Å². The van der Waals surface area contributed by atoms with E-state index in [0.717, 1.165) is 19.3 Å². The molecular weight excluding hydrogens is 264 g/mol. The zero-order chi connectivity index (χ0) is 14.0. The number of ether oxygens (including phenoxy) is 1. The Morgan fingerprint density at radius 2 is 2.00 bits per heavy atom. The molecule has 0 aliphatic heterocycles. The van der Waals surface area contributed by atoms with Gasteiger partial charge in [0.25, 0.3) is 0 Å². The second-order valence-electron chi connectivity index (χ2n) is 5.78. The Kier molecular flexibility index (Phi) is 5.27. The van der Waals surface area contributed by atoms with Crippen molar-refractivity contribution < 1.29 is 9.84 Å². The average molecular weight is 288 g/mol. The summed E-state index contributed by atoms with van der Waals surface area (Å²) in [5.41, 5.74) is -1.11. The predicted octanol–water partition coefficient (Wildman–Crippen LogP) is 3.69. The van der Waals surface area contributed by atoms with Crippen LogP contribution in [0.15, 0.2) is 0 Å². The fourth-order valence-electron chi connectivity index (χ4n) is 2.74. The molecule has 0 aromatic heterocycles. The first-order valence-electron chi connectivity index (χ1n) is 6.67. The second-order valence-corrected chi connectivity index (χ2v) is 6.73. The van der Waals surface area contributed by atoms with E-state index in [9.17, 15) is 5.11 Å². The summed E-state index contributed by atoms with van der Waals surface area (Å²) in [6, 6.07) is 0. The Bertz CT molecular complexity index is 339. The van der Waals surface area contributed by atoms with E-state index < -0.39 is 5.60 Å². The van der Waals surface area contributed by atoms with Gasteiger partial charge in [-0.25, -0.2) is 0 Å². The molecule has 0 aromatic carbocycles. The molecule has 0 heterocycles. The van der Waals surface area contributed by atoms with Gasteiger partial charge in [0, 0.05) is 10.3 Å². The van der Waals surface area contributed by atoms with Gasteiger partial charge in [-0.05, 0) is 44.3 Å². The van der Waals surface area contributed by atoms with Gasteiger partial charge in [0.2, 0.25) is 0 Å². The predicted molar refractivity (Wildman–Crippen MR) is 83.2 cm³/mol. The van der Waals surface area contributed by atoms with Crippen molar-refractivity contribution in [1.29, 1.82) is 0 Å². The first kappa shape index (κ1) is 16.0. The molecule has 2 atom stereocenters. The Morgan fingerprint density at radius 3 is 2.56 bits per heavy atom. The molecule has 2 nitrogen and oxygen atoms in total. The van der Waals surface area contributed by atoms with Crippen LogP contribution in [-0.4, -0.2) is 27.2 Å². The molecule has 1 saturated carbocycles. The third kappa shape index (κ3) is 2.91. The van der Waals surface area contributed by atoms with Gasteiger partial charge in [-0.3, -0.25) is 0 Å². The molecule has 1 rings (SSSR count). The summed E-state index contributed by atoms with van der Waals surface area (Å²) >= 11 is 10.6. The van der Waals surface area contributed by atoms with Gasteiger partial charge in [-0.1, -0.05) is 33.0 Å². The van der Waals surface area contributed by atoms with Gasteiger partial charge in [0.15, 0.2) is 5.05 Å². The van der Waals surface area contributed by atoms with Crippen LogP contribution < -0.4 is 0 Å². The monoisotopic (exact) mass is 288 g/mol. The maximum absolute atomic E-state index is 11.0. The first-order valence-corrected chi connectivity index (χ1v) is 7.48. The molecule has 0 spiro atoms. The lowest BCUT2D eigenvalue weighted by Crippen LogP contribution is -2.56. The quantitative estimate of drug-likeness (QED) is 0.799. The molecule has 1 fully saturated rings. The molecule has 104 valence electrons. The second kappa shape index (κ2) is 5.93. The molecule has 0 unspecified atom stereocenters. The highest BCUT2D eigenvalue weighted by Gasteiger charge is 2.51. The van der Waals surface area contributed by atoms with Crippen LogP contribution in [-0.2, 0) is 4.74 Å². The van der Waals surface area contributed by atoms with E-state index in [2.05, 4.69) is 20.8 Å². The lowest BCUT2D eigenvalue weighted by molar-refractivity contribution is -0.0695. The van der Waals surface area contributed by atoms with Crippen LogP contribution >= 0.6 is 24.4 Å². The summed E-state index contributed by atoms with van der Waals surface area (Å²) in [5, 5.41) is 11.5. The Balaban J connectivity index is 2.84. The van der Waals surface area contributed by atoms with Crippen LogP contribution in [0.1, 0.15) is 53.4 Å². The van der Waals surface area contributed by atoms with Gasteiger partial charge >= 0.3 is 0 Å². The van der Waals surface area contributed by atoms with Crippen molar-refractivity contribution >= 4 is 34.4 Å². The normalized spacial score (nSPS) is 30.8. The standard InChI is InChI=1S/C14H24O2S2/c1-5-16-12(18)9-11(17)14(15)8-6-7-10(2)13(14,3)4/h10,15H,5-9H2,1-4H3/t10-,14-/m1/s1. The van der Waals surface area contributed by atoms with Gasteiger partial charge in [-0.2, -0.15) is 0 Å². The fourth-order valence-corrected chi connectivity index (χ4v) is 3.59. The van der Waals surface area contributed by atoms with Crippen molar-refractivity contribution in [2.75, 3.05) is 6.61 Å². The molecule has 1 aliphatic rings.